The second-order valence-corrected chi connectivity index (χ2v) is 9.12. The highest BCUT2D eigenvalue weighted by molar-refractivity contribution is 7.89. The third-order valence-corrected chi connectivity index (χ3v) is 7.60. The van der Waals surface area contributed by atoms with E-state index in [1.807, 2.05) is 4.90 Å². The lowest BCUT2D eigenvalue weighted by Crippen LogP contribution is -2.54. The number of hydrogen-bond acceptors (Lipinski definition) is 8. The van der Waals surface area contributed by atoms with Gasteiger partial charge in [0.1, 0.15) is 16.6 Å². The van der Waals surface area contributed by atoms with Gasteiger partial charge in [-0.3, -0.25) is 4.79 Å². The van der Waals surface area contributed by atoms with Crippen molar-refractivity contribution in [3.63, 3.8) is 0 Å². The third kappa shape index (κ3) is 3.60. The first kappa shape index (κ1) is 19.8. The van der Waals surface area contributed by atoms with E-state index in [-0.39, 0.29) is 16.6 Å². The van der Waals surface area contributed by atoms with Crippen molar-refractivity contribution in [3.8, 4) is 0 Å². The minimum absolute atomic E-state index is 0.0724. The molecule has 4 heterocycles. The molecule has 0 unspecified atom stereocenters. The molecule has 2 aliphatic rings. The molecular weight excluding hydrogens is 396 g/mol. The monoisotopic (exact) mass is 420 g/mol. The molecule has 0 radical (unpaired) electrons. The second-order valence-electron chi connectivity index (χ2n) is 7.29. The molecule has 2 aliphatic heterocycles. The molecule has 2 fully saturated rings. The van der Waals surface area contributed by atoms with Crippen molar-refractivity contribution < 1.29 is 17.7 Å². The zero-order valence-electron chi connectivity index (χ0n) is 16.5. The van der Waals surface area contributed by atoms with Crippen LogP contribution in [0.3, 0.4) is 0 Å². The normalized spacial score (nSPS) is 21.0. The highest BCUT2D eigenvalue weighted by atomic mass is 32.2. The first-order chi connectivity index (χ1) is 13.9. The van der Waals surface area contributed by atoms with Gasteiger partial charge in [0.25, 0.3) is 0 Å². The number of rotatable bonds is 4. The fourth-order valence-corrected chi connectivity index (χ4v) is 5.97. The molecule has 11 heteroatoms. The van der Waals surface area contributed by atoms with Gasteiger partial charge in [0.15, 0.2) is 5.76 Å². The van der Waals surface area contributed by atoms with Crippen LogP contribution in [0, 0.1) is 13.8 Å². The summed E-state index contributed by atoms with van der Waals surface area (Å²) in [5.74, 6) is 0.742. The van der Waals surface area contributed by atoms with Crippen molar-refractivity contribution in [1.82, 2.24) is 24.3 Å². The van der Waals surface area contributed by atoms with Crippen LogP contribution in [-0.2, 0) is 14.8 Å². The molecule has 156 valence electrons. The van der Waals surface area contributed by atoms with Crippen LogP contribution in [0.5, 0.6) is 0 Å². The van der Waals surface area contributed by atoms with Crippen LogP contribution in [0.15, 0.2) is 27.9 Å². The van der Waals surface area contributed by atoms with E-state index < -0.39 is 16.1 Å². The maximum atomic E-state index is 13.2. The predicted octanol–water partition coefficient (Wildman–Crippen LogP) is 0.583. The lowest BCUT2D eigenvalue weighted by atomic mass is 10.2. The van der Waals surface area contributed by atoms with E-state index in [0.717, 1.165) is 0 Å². The van der Waals surface area contributed by atoms with Gasteiger partial charge in [-0.2, -0.15) is 4.31 Å². The number of aromatic nitrogens is 3. The molecular formula is C18H24N6O4S. The van der Waals surface area contributed by atoms with Crippen molar-refractivity contribution in [3.05, 3.63) is 29.9 Å². The van der Waals surface area contributed by atoms with E-state index in [0.29, 0.717) is 57.2 Å². The summed E-state index contributed by atoms with van der Waals surface area (Å²) in [5.41, 5.74) is 0.317. The molecule has 0 spiro atoms. The van der Waals surface area contributed by atoms with Gasteiger partial charge in [-0.25, -0.2) is 18.4 Å². The molecule has 2 aromatic rings. The summed E-state index contributed by atoms with van der Waals surface area (Å²) in [6, 6.07) is 1.07. The first-order valence-electron chi connectivity index (χ1n) is 9.65. The average molecular weight is 420 g/mol. The van der Waals surface area contributed by atoms with E-state index in [2.05, 4.69) is 15.1 Å². The van der Waals surface area contributed by atoms with Crippen LogP contribution in [0.25, 0.3) is 0 Å². The number of amides is 1. The van der Waals surface area contributed by atoms with Crippen LogP contribution in [0.2, 0.25) is 0 Å². The number of anilines is 1. The second kappa shape index (κ2) is 7.71. The maximum Gasteiger partial charge on any atom is 0.249 e. The number of hydrogen-bond donors (Lipinski definition) is 0. The Bertz CT molecular complexity index is 966. The SMILES string of the molecule is Cc1noc(C)c1S(=O)(=O)N1CCC[C@H]1C(=O)N1CCN(c2ncccn2)CC1. The minimum atomic E-state index is -3.84. The van der Waals surface area contributed by atoms with Crippen molar-refractivity contribution in [1.29, 1.82) is 0 Å². The van der Waals surface area contributed by atoms with Gasteiger partial charge in [-0.1, -0.05) is 5.16 Å². The van der Waals surface area contributed by atoms with E-state index in [1.54, 1.807) is 37.2 Å². The van der Waals surface area contributed by atoms with Crippen LogP contribution < -0.4 is 4.90 Å². The molecule has 0 aromatic carbocycles. The Morgan fingerprint density at radius 3 is 2.41 bits per heavy atom. The summed E-state index contributed by atoms with van der Waals surface area (Å²) in [4.78, 5) is 25.5. The number of aryl methyl sites for hydroxylation is 2. The molecule has 0 N–H and O–H groups in total. The minimum Gasteiger partial charge on any atom is -0.360 e. The summed E-state index contributed by atoms with van der Waals surface area (Å²) in [6.45, 7) is 5.73. The van der Waals surface area contributed by atoms with Crippen LogP contribution in [0.1, 0.15) is 24.3 Å². The van der Waals surface area contributed by atoms with Crippen LogP contribution in [-0.4, -0.2) is 77.4 Å². The Morgan fingerprint density at radius 1 is 1.10 bits per heavy atom. The fraction of sp³-hybridized carbons (Fsp3) is 0.556. The van der Waals surface area contributed by atoms with E-state index in [1.165, 1.54) is 4.31 Å². The lowest BCUT2D eigenvalue weighted by molar-refractivity contribution is -0.134. The van der Waals surface area contributed by atoms with Gasteiger partial charge in [-0.15, -0.1) is 0 Å². The zero-order valence-corrected chi connectivity index (χ0v) is 17.3. The van der Waals surface area contributed by atoms with Gasteiger partial charge >= 0.3 is 0 Å². The highest BCUT2D eigenvalue weighted by Crippen LogP contribution is 2.30. The van der Waals surface area contributed by atoms with Crippen molar-refractivity contribution >= 4 is 21.9 Å². The number of piperazine rings is 1. The Labute approximate surface area is 169 Å². The van der Waals surface area contributed by atoms with E-state index in [9.17, 15) is 13.2 Å². The Hall–Kier alpha value is -2.53. The Morgan fingerprint density at radius 2 is 1.79 bits per heavy atom. The van der Waals surface area contributed by atoms with Gasteiger partial charge in [0.2, 0.25) is 21.9 Å². The molecule has 29 heavy (non-hydrogen) atoms. The Kier molecular flexibility index (Phi) is 5.26. The molecule has 0 aliphatic carbocycles. The van der Waals surface area contributed by atoms with E-state index in [4.69, 9.17) is 4.52 Å². The topological polar surface area (TPSA) is 113 Å². The summed E-state index contributed by atoms with van der Waals surface area (Å²) in [7, 11) is -3.84. The van der Waals surface area contributed by atoms with Gasteiger partial charge in [0, 0.05) is 45.1 Å². The highest BCUT2D eigenvalue weighted by Gasteiger charge is 2.43. The first-order valence-corrected chi connectivity index (χ1v) is 11.1. The van der Waals surface area contributed by atoms with Gasteiger partial charge < -0.3 is 14.3 Å². The maximum absolute atomic E-state index is 13.2. The number of sulfonamides is 1. The van der Waals surface area contributed by atoms with Crippen molar-refractivity contribution in [2.24, 2.45) is 0 Å². The summed E-state index contributed by atoms with van der Waals surface area (Å²) >= 11 is 0. The molecule has 2 saturated heterocycles. The van der Waals surface area contributed by atoms with Crippen molar-refractivity contribution in [2.75, 3.05) is 37.6 Å². The Balaban J connectivity index is 1.48. The lowest BCUT2D eigenvalue weighted by Gasteiger charge is -2.37. The predicted molar refractivity (Wildman–Crippen MR) is 104 cm³/mol. The summed E-state index contributed by atoms with van der Waals surface area (Å²) < 4.78 is 32.8. The number of carbonyl (C=O) groups is 1. The van der Waals surface area contributed by atoms with Crippen LogP contribution >= 0.6 is 0 Å². The third-order valence-electron chi connectivity index (χ3n) is 5.45. The molecule has 10 nitrogen and oxygen atoms in total. The molecule has 1 amide bonds. The standard InChI is InChI=1S/C18H24N6O4S/c1-13-16(14(2)28-21-13)29(26,27)24-8-3-5-15(24)17(25)22-9-11-23(12-10-22)18-19-6-4-7-20-18/h4,6-7,15H,3,5,8-12H2,1-2H3/t15-/m0/s1. The smallest absolute Gasteiger partial charge is 0.249 e. The number of nitrogens with zero attached hydrogens (tertiary/aromatic N) is 6. The molecule has 0 bridgehead atoms. The fourth-order valence-electron chi connectivity index (χ4n) is 4.03. The van der Waals surface area contributed by atoms with Gasteiger partial charge in [0.05, 0.1) is 0 Å². The molecule has 4 rings (SSSR count). The van der Waals surface area contributed by atoms with E-state index >= 15 is 0 Å². The van der Waals surface area contributed by atoms with Crippen LogP contribution in [0.4, 0.5) is 5.95 Å². The summed E-state index contributed by atoms with van der Waals surface area (Å²) in [5, 5.41) is 3.76. The summed E-state index contributed by atoms with van der Waals surface area (Å²) in [6.07, 6.45) is 4.55. The van der Waals surface area contributed by atoms with Gasteiger partial charge in [-0.05, 0) is 32.8 Å². The quantitative estimate of drug-likeness (QED) is 0.706. The average Bonchev–Trinajstić information content (AvgIpc) is 3.35. The molecule has 1 atom stereocenters. The molecule has 0 saturated carbocycles. The number of carbonyl (C=O) groups excluding carboxylic acids is 1. The molecule has 2 aromatic heterocycles. The zero-order chi connectivity index (χ0) is 20.6. The van der Waals surface area contributed by atoms with Crippen molar-refractivity contribution in [2.45, 2.75) is 37.6 Å². The largest absolute Gasteiger partial charge is 0.360 e.